The normalized spacial score (nSPS) is 14.1. The van der Waals surface area contributed by atoms with Gasteiger partial charge >= 0.3 is 6.03 Å². The molecule has 1 fully saturated rings. The van der Waals surface area contributed by atoms with Crippen LogP contribution in [0.25, 0.3) is 0 Å². The predicted molar refractivity (Wildman–Crippen MR) is 107 cm³/mol. The molecular formula is C21H26N4O3. The van der Waals surface area contributed by atoms with Crippen molar-refractivity contribution in [1.82, 2.24) is 15.2 Å². The molecule has 1 aromatic carbocycles. The Balaban J connectivity index is 1.51. The van der Waals surface area contributed by atoms with Crippen LogP contribution in [-0.2, 0) is 6.54 Å². The van der Waals surface area contributed by atoms with E-state index in [1.807, 2.05) is 11.0 Å². The summed E-state index contributed by atoms with van der Waals surface area (Å²) in [5.74, 6) is 0.564. The molecule has 1 aliphatic rings. The second kappa shape index (κ2) is 9.73. The second-order valence-electron chi connectivity index (χ2n) is 6.80. The van der Waals surface area contributed by atoms with Gasteiger partial charge in [0.1, 0.15) is 0 Å². The molecule has 28 heavy (non-hydrogen) atoms. The number of pyridine rings is 1. The topological polar surface area (TPSA) is 83.6 Å². The van der Waals surface area contributed by atoms with Crippen LogP contribution in [0.5, 0.6) is 5.88 Å². The van der Waals surface area contributed by atoms with E-state index in [0.29, 0.717) is 23.7 Å². The first-order valence-electron chi connectivity index (χ1n) is 9.59. The van der Waals surface area contributed by atoms with E-state index in [2.05, 4.69) is 15.6 Å². The van der Waals surface area contributed by atoms with Crippen molar-refractivity contribution < 1.29 is 14.3 Å². The zero-order valence-corrected chi connectivity index (χ0v) is 16.1. The SMILES string of the molecule is COc1cc(CNC(=O)Nc2ccc(C(=O)N3CCCCCC3)cc2)ccn1. The lowest BCUT2D eigenvalue weighted by atomic mass is 10.1. The number of urea groups is 1. The van der Waals surface area contributed by atoms with Crippen molar-refractivity contribution in [3.63, 3.8) is 0 Å². The molecule has 0 aliphatic carbocycles. The van der Waals surface area contributed by atoms with E-state index in [4.69, 9.17) is 4.74 Å². The average Bonchev–Trinajstić information content (AvgIpc) is 3.02. The minimum absolute atomic E-state index is 0.0598. The van der Waals surface area contributed by atoms with Crippen LogP contribution in [0.1, 0.15) is 41.6 Å². The fourth-order valence-electron chi connectivity index (χ4n) is 3.18. The van der Waals surface area contributed by atoms with Crippen LogP contribution in [0.4, 0.5) is 10.5 Å². The third kappa shape index (κ3) is 5.45. The molecule has 0 spiro atoms. The number of carbonyl (C=O) groups is 2. The van der Waals surface area contributed by atoms with Gasteiger partial charge in [-0.3, -0.25) is 4.79 Å². The summed E-state index contributed by atoms with van der Waals surface area (Å²) >= 11 is 0. The predicted octanol–water partition coefficient (Wildman–Crippen LogP) is 3.43. The molecule has 2 aromatic rings. The van der Waals surface area contributed by atoms with Crippen LogP contribution in [0.3, 0.4) is 0 Å². The summed E-state index contributed by atoms with van der Waals surface area (Å²) in [6.45, 7) is 2.00. The number of ether oxygens (including phenoxy) is 1. The zero-order valence-electron chi connectivity index (χ0n) is 16.1. The number of likely N-dealkylation sites (tertiary alicyclic amines) is 1. The minimum atomic E-state index is -0.317. The van der Waals surface area contributed by atoms with Crippen LogP contribution < -0.4 is 15.4 Å². The van der Waals surface area contributed by atoms with E-state index in [-0.39, 0.29) is 11.9 Å². The van der Waals surface area contributed by atoms with Crippen molar-refractivity contribution in [2.45, 2.75) is 32.2 Å². The molecule has 7 nitrogen and oxygen atoms in total. The number of methoxy groups -OCH3 is 1. The Morgan fingerprint density at radius 1 is 1.07 bits per heavy atom. The monoisotopic (exact) mass is 382 g/mol. The summed E-state index contributed by atoms with van der Waals surface area (Å²) < 4.78 is 5.07. The van der Waals surface area contributed by atoms with Gasteiger partial charge < -0.3 is 20.3 Å². The number of nitrogens with zero attached hydrogens (tertiary/aromatic N) is 2. The van der Waals surface area contributed by atoms with Crippen LogP contribution >= 0.6 is 0 Å². The number of hydrogen-bond acceptors (Lipinski definition) is 4. The first-order chi connectivity index (χ1) is 13.7. The Kier molecular flexibility index (Phi) is 6.84. The molecule has 0 saturated carbocycles. The quantitative estimate of drug-likeness (QED) is 0.830. The molecule has 0 radical (unpaired) electrons. The molecule has 1 aromatic heterocycles. The second-order valence-corrected chi connectivity index (χ2v) is 6.80. The third-order valence-corrected chi connectivity index (χ3v) is 4.74. The van der Waals surface area contributed by atoms with Gasteiger partial charge in [-0.1, -0.05) is 12.8 Å². The largest absolute Gasteiger partial charge is 0.481 e. The third-order valence-electron chi connectivity index (χ3n) is 4.74. The Morgan fingerprint density at radius 3 is 2.46 bits per heavy atom. The molecule has 2 N–H and O–H groups in total. The van der Waals surface area contributed by atoms with Gasteiger partial charge in [-0.2, -0.15) is 0 Å². The highest BCUT2D eigenvalue weighted by atomic mass is 16.5. The lowest BCUT2D eigenvalue weighted by Crippen LogP contribution is -2.31. The van der Waals surface area contributed by atoms with Gasteiger partial charge in [-0.05, 0) is 48.7 Å². The molecule has 7 heteroatoms. The Hall–Kier alpha value is -3.09. The Labute approximate surface area is 165 Å². The van der Waals surface area contributed by atoms with E-state index in [1.165, 1.54) is 12.8 Å². The highest BCUT2D eigenvalue weighted by Gasteiger charge is 2.17. The van der Waals surface area contributed by atoms with Gasteiger partial charge in [0.05, 0.1) is 7.11 Å². The highest BCUT2D eigenvalue weighted by molar-refractivity contribution is 5.95. The first kappa shape index (κ1) is 19.7. The fourth-order valence-corrected chi connectivity index (χ4v) is 3.18. The molecule has 148 valence electrons. The summed E-state index contributed by atoms with van der Waals surface area (Å²) in [5.41, 5.74) is 2.18. The number of nitrogens with one attached hydrogen (secondary N) is 2. The Bertz CT molecular complexity index is 800. The van der Waals surface area contributed by atoms with Crippen molar-refractivity contribution in [2.24, 2.45) is 0 Å². The number of anilines is 1. The molecule has 0 bridgehead atoms. The van der Waals surface area contributed by atoms with Crippen LogP contribution in [0.2, 0.25) is 0 Å². The number of hydrogen-bond donors (Lipinski definition) is 2. The first-order valence-corrected chi connectivity index (χ1v) is 9.59. The lowest BCUT2D eigenvalue weighted by molar-refractivity contribution is 0.0761. The standard InChI is InChI=1S/C21H26N4O3/c1-28-19-14-16(10-11-22-19)15-23-21(27)24-18-8-6-17(7-9-18)20(26)25-12-4-2-3-5-13-25/h6-11,14H,2-5,12-13,15H2,1H3,(H2,23,24,27). The average molecular weight is 382 g/mol. The van der Waals surface area contributed by atoms with Crippen LogP contribution in [0.15, 0.2) is 42.6 Å². The minimum Gasteiger partial charge on any atom is -0.481 e. The number of amides is 3. The molecule has 1 saturated heterocycles. The molecule has 1 aliphatic heterocycles. The lowest BCUT2D eigenvalue weighted by Gasteiger charge is -2.20. The highest BCUT2D eigenvalue weighted by Crippen LogP contribution is 2.16. The molecule has 3 rings (SSSR count). The van der Waals surface area contributed by atoms with Crippen molar-refractivity contribution in [2.75, 3.05) is 25.5 Å². The van der Waals surface area contributed by atoms with E-state index in [9.17, 15) is 9.59 Å². The summed E-state index contributed by atoms with van der Waals surface area (Å²) in [7, 11) is 1.55. The number of carbonyl (C=O) groups excluding carboxylic acids is 2. The van der Waals surface area contributed by atoms with Gasteiger partial charge in [0, 0.05) is 43.1 Å². The van der Waals surface area contributed by atoms with Crippen LogP contribution in [0, 0.1) is 0 Å². The van der Waals surface area contributed by atoms with Crippen molar-refractivity contribution in [3.05, 3.63) is 53.7 Å². The number of aromatic nitrogens is 1. The van der Waals surface area contributed by atoms with Crippen molar-refractivity contribution in [1.29, 1.82) is 0 Å². The fraction of sp³-hybridized carbons (Fsp3) is 0.381. The summed E-state index contributed by atoms with van der Waals surface area (Å²) in [6, 6.07) is 10.3. The van der Waals surface area contributed by atoms with E-state index in [1.54, 1.807) is 43.6 Å². The molecule has 2 heterocycles. The van der Waals surface area contributed by atoms with Crippen LogP contribution in [-0.4, -0.2) is 42.0 Å². The van der Waals surface area contributed by atoms with Gasteiger partial charge in [-0.25, -0.2) is 9.78 Å². The maximum absolute atomic E-state index is 12.6. The van der Waals surface area contributed by atoms with E-state index >= 15 is 0 Å². The summed E-state index contributed by atoms with van der Waals surface area (Å²) in [5, 5.41) is 5.56. The van der Waals surface area contributed by atoms with Crippen molar-refractivity contribution in [3.8, 4) is 5.88 Å². The van der Waals surface area contributed by atoms with E-state index in [0.717, 1.165) is 31.5 Å². The molecule has 0 atom stereocenters. The van der Waals surface area contributed by atoms with Gasteiger partial charge in [0.25, 0.3) is 5.91 Å². The van der Waals surface area contributed by atoms with E-state index < -0.39 is 0 Å². The maximum Gasteiger partial charge on any atom is 0.319 e. The summed E-state index contributed by atoms with van der Waals surface area (Å²) in [6.07, 6.45) is 6.14. The summed E-state index contributed by atoms with van der Waals surface area (Å²) in [4.78, 5) is 30.7. The van der Waals surface area contributed by atoms with Gasteiger partial charge in [0.15, 0.2) is 0 Å². The maximum atomic E-state index is 12.6. The smallest absolute Gasteiger partial charge is 0.319 e. The Morgan fingerprint density at radius 2 is 1.79 bits per heavy atom. The zero-order chi connectivity index (χ0) is 19.8. The molecule has 0 unspecified atom stereocenters. The van der Waals surface area contributed by atoms with Gasteiger partial charge in [0.2, 0.25) is 5.88 Å². The van der Waals surface area contributed by atoms with Gasteiger partial charge in [-0.15, -0.1) is 0 Å². The number of benzene rings is 1. The number of rotatable bonds is 5. The van der Waals surface area contributed by atoms with Crippen molar-refractivity contribution >= 4 is 17.6 Å². The molecule has 3 amide bonds. The molecular weight excluding hydrogens is 356 g/mol.